The highest BCUT2D eigenvalue weighted by Crippen LogP contribution is 2.11. The second-order valence-electron chi connectivity index (χ2n) is 2.92. The highest BCUT2D eigenvalue weighted by atomic mass is 32.2. The van der Waals surface area contributed by atoms with Gasteiger partial charge in [0.05, 0.1) is 11.1 Å². The molecule has 1 unspecified atom stereocenters. The van der Waals surface area contributed by atoms with Gasteiger partial charge in [0.25, 0.3) is 0 Å². The number of carbonyl (C=O) groups excluding carboxylic acids is 1. The van der Waals surface area contributed by atoms with Gasteiger partial charge in [-0.25, -0.2) is 0 Å². The van der Waals surface area contributed by atoms with Gasteiger partial charge in [-0.2, -0.15) is 0 Å². The summed E-state index contributed by atoms with van der Waals surface area (Å²) >= 11 is 1.25. The van der Waals surface area contributed by atoms with Crippen molar-refractivity contribution in [1.82, 2.24) is 5.32 Å². The Balaban J connectivity index is 3.78. The summed E-state index contributed by atoms with van der Waals surface area (Å²) in [5, 5.41) is 11.2. The molecule has 0 rings (SSSR count). The molecule has 14 heavy (non-hydrogen) atoms. The first-order chi connectivity index (χ1) is 6.60. The van der Waals surface area contributed by atoms with Crippen LogP contribution in [-0.4, -0.2) is 28.1 Å². The summed E-state index contributed by atoms with van der Waals surface area (Å²) in [6.07, 6.45) is 2.06. The van der Waals surface area contributed by atoms with Gasteiger partial charge in [-0.1, -0.05) is 13.8 Å². The standard InChI is InChI=1S/C9H17NO3S/c1-3-5-7(11)10-8(4-2)14-6-9(12)13/h8H,3-6H2,1-2H3,(H,10,11)(H,12,13). The van der Waals surface area contributed by atoms with Crippen LogP contribution in [0.2, 0.25) is 0 Å². The Kier molecular flexibility index (Phi) is 7.28. The third kappa shape index (κ3) is 6.77. The van der Waals surface area contributed by atoms with Gasteiger partial charge in [-0.05, 0) is 12.8 Å². The van der Waals surface area contributed by atoms with Gasteiger partial charge in [0.15, 0.2) is 0 Å². The Bertz CT molecular complexity index is 196. The number of carboxylic acids is 1. The monoisotopic (exact) mass is 219 g/mol. The van der Waals surface area contributed by atoms with Crippen molar-refractivity contribution >= 4 is 23.6 Å². The number of aliphatic carboxylic acids is 1. The predicted molar refractivity (Wildman–Crippen MR) is 57.2 cm³/mol. The number of carbonyl (C=O) groups is 2. The molecule has 1 atom stereocenters. The summed E-state index contributed by atoms with van der Waals surface area (Å²) in [7, 11) is 0. The molecule has 0 saturated heterocycles. The Morgan fingerprint density at radius 3 is 2.50 bits per heavy atom. The highest BCUT2D eigenvalue weighted by Gasteiger charge is 2.11. The van der Waals surface area contributed by atoms with Crippen LogP contribution in [0.1, 0.15) is 33.1 Å². The number of nitrogens with one attached hydrogen (secondary N) is 1. The fourth-order valence-electron chi connectivity index (χ4n) is 0.912. The van der Waals surface area contributed by atoms with Crippen molar-refractivity contribution in [2.45, 2.75) is 38.5 Å². The predicted octanol–water partition coefficient (Wildman–Crippen LogP) is 1.46. The minimum absolute atomic E-state index is 0.00256. The molecule has 82 valence electrons. The second-order valence-corrected chi connectivity index (χ2v) is 4.11. The van der Waals surface area contributed by atoms with Crippen LogP contribution >= 0.6 is 11.8 Å². The van der Waals surface area contributed by atoms with Gasteiger partial charge < -0.3 is 10.4 Å². The molecule has 0 bridgehead atoms. The maximum absolute atomic E-state index is 11.2. The normalized spacial score (nSPS) is 12.1. The van der Waals surface area contributed by atoms with Crippen LogP contribution in [0, 0.1) is 0 Å². The number of amides is 1. The van der Waals surface area contributed by atoms with Crippen molar-refractivity contribution in [2.75, 3.05) is 5.75 Å². The Morgan fingerprint density at radius 2 is 2.07 bits per heavy atom. The molecule has 1 amide bonds. The fraction of sp³-hybridized carbons (Fsp3) is 0.778. The largest absolute Gasteiger partial charge is 0.481 e. The van der Waals surface area contributed by atoms with Crippen LogP contribution in [0.3, 0.4) is 0 Å². The average Bonchev–Trinajstić information content (AvgIpc) is 2.12. The molecule has 0 saturated carbocycles. The molecule has 0 aromatic heterocycles. The van der Waals surface area contributed by atoms with E-state index in [4.69, 9.17) is 5.11 Å². The fourth-order valence-corrected chi connectivity index (χ4v) is 1.71. The van der Waals surface area contributed by atoms with Gasteiger partial charge in [0.1, 0.15) is 0 Å². The third-order valence-electron chi connectivity index (χ3n) is 1.58. The maximum atomic E-state index is 11.2. The molecule has 4 nitrogen and oxygen atoms in total. The van der Waals surface area contributed by atoms with Gasteiger partial charge in [-0.15, -0.1) is 11.8 Å². The molecule has 5 heteroatoms. The number of carboxylic acid groups (broad SMARTS) is 1. The van der Waals surface area contributed by atoms with Crippen molar-refractivity contribution in [1.29, 1.82) is 0 Å². The van der Waals surface area contributed by atoms with E-state index >= 15 is 0 Å². The Hall–Kier alpha value is -0.710. The summed E-state index contributed by atoms with van der Waals surface area (Å²) in [6, 6.07) is 0. The van der Waals surface area contributed by atoms with Crippen molar-refractivity contribution in [3.63, 3.8) is 0 Å². The van der Waals surface area contributed by atoms with Crippen LogP contribution in [-0.2, 0) is 9.59 Å². The van der Waals surface area contributed by atoms with E-state index < -0.39 is 5.97 Å². The van der Waals surface area contributed by atoms with E-state index in [1.54, 1.807) is 0 Å². The average molecular weight is 219 g/mol. The quantitative estimate of drug-likeness (QED) is 0.636. The van der Waals surface area contributed by atoms with E-state index in [2.05, 4.69) is 5.32 Å². The van der Waals surface area contributed by atoms with E-state index in [1.165, 1.54) is 11.8 Å². The topological polar surface area (TPSA) is 66.4 Å². The lowest BCUT2D eigenvalue weighted by Gasteiger charge is -2.14. The third-order valence-corrected chi connectivity index (χ3v) is 2.84. The molecule has 0 aliphatic heterocycles. The van der Waals surface area contributed by atoms with Gasteiger partial charge >= 0.3 is 5.97 Å². The number of hydrogen-bond acceptors (Lipinski definition) is 3. The lowest BCUT2D eigenvalue weighted by molar-refractivity contribution is -0.134. The van der Waals surface area contributed by atoms with Crippen molar-refractivity contribution in [2.24, 2.45) is 0 Å². The summed E-state index contributed by atoms with van der Waals surface area (Å²) in [4.78, 5) is 21.5. The van der Waals surface area contributed by atoms with Gasteiger partial charge in [0, 0.05) is 6.42 Å². The lowest BCUT2D eigenvalue weighted by atomic mass is 10.3. The van der Waals surface area contributed by atoms with Crippen LogP contribution in [0.15, 0.2) is 0 Å². The maximum Gasteiger partial charge on any atom is 0.313 e. The van der Waals surface area contributed by atoms with E-state index in [-0.39, 0.29) is 17.0 Å². The van der Waals surface area contributed by atoms with Crippen LogP contribution in [0.4, 0.5) is 0 Å². The zero-order valence-electron chi connectivity index (χ0n) is 8.58. The Labute approximate surface area is 88.4 Å². The molecule has 0 aromatic carbocycles. The minimum Gasteiger partial charge on any atom is -0.481 e. The highest BCUT2D eigenvalue weighted by molar-refractivity contribution is 8.00. The molecule has 0 heterocycles. The van der Waals surface area contributed by atoms with Crippen LogP contribution in [0.25, 0.3) is 0 Å². The summed E-state index contributed by atoms with van der Waals surface area (Å²) < 4.78 is 0. The molecule has 0 radical (unpaired) electrons. The van der Waals surface area contributed by atoms with E-state index in [0.717, 1.165) is 12.8 Å². The molecular formula is C9H17NO3S. The van der Waals surface area contributed by atoms with E-state index in [0.29, 0.717) is 6.42 Å². The molecule has 0 aliphatic rings. The first-order valence-electron chi connectivity index (χ1n) is 4.72. The summed E-state index contributed by atoms with van der Waals surface area (Å²) in [5.74, 6) is -0.819. The SMILES string of the molecule is CCCC(=O)NC(CC)SCC(=O)O. The zero-order valence-corrected chi connectivity index (χ0v) is 9.39. The summed E-state index contributed by atoms with van der Waals surface area (Å²) in [5.41, 5.74) is 0. The first kappa shape index (κ1) is 13.3. The molecule has 0 spiro atoms. The number of rotatable bonds is 7. The minimum atomic E-state index is -0.849. The van der Waals surface area contributed by atoms with Crippen molar-refractivity contribution < 1.29 is 14.7 Å². The van der Waals surface area contributed by atoms with Crippen molar-refractivity contribution in [3.8, 4) is 0 Å². The van der Waals surface area contributed by atoms with Crippen LogP contribution < -0.4 is 5.32 Å². The second kappa shape index (κ2) is 7.67. The van der Waals surface area contributed by atoms with Crippen LogP contribution in [0.5, 0.6) is 0 Å². The smallest absolute Gasteiger partial charge is 0.313 e. The summed E-state index contributed by atoms with van der Waals surface area (Å²) in [6.45, 7) is 3.86. The zero-order chi connectivity index (χ0) is 11.0. The van der Waals surface area contributed by atoms with Gasteiger partial charge in [0.2, 0.25) is 5.91 Å². The molecule has 0 aliphatic carbocycles. The van der Waals surface area contributed by atoms with E-state index in [1.807, 2.05) is 13.8 Å². The first-order valence-corrected chi connectivity index (χ1v) is 5.77. The van der Waals surface area contributed by atoms with Crippen molar-refractivity contribution in [3.05, 3.63) is 0 Å². The molecule has 0 aromatic rings. The number of hydrogen-bond donors (Lipinski definition) is 2. The number of thioether (sulfide) groups is 1. The molecule has 2 N–H and O–H groups in total. The molecular weight excluding hydrogens is 202 g/mol. The van der Waals surface area contributed by atoms with Gasteiger partial charge in [-0.3, -0.25) is 9.59 Å². The lowest BCUT2D eigenvalue weighted by Crippen LogP contribution is -2.32. The van der Waals surface area contributed by atoms with E-state index in [9.17, 15) is 9.59 Å². The Morgan fingerprint density at radius 1 is 1.43 bits per heavy atom. The molecule has 0 fully saturated rings.